The van der Waals surface area contributed by atoms with Gasteiger partial charge >= 0.3 is 0 Å². The minimum Gasteiger partial charge on any atom is -0.496 e. The third-order valence-electron chi connectivity index (χ3n) is 5.31. The topological polar surface area (TPSA) is 54.6 Å². The van der Waals surface area contributed by atoms with Crippen molar-refractivity contribution in [2.45, 2.75) is 26.4 Å². The molecule has 28 heavy (non-hydrogen) atoms. The van der Waals surface area contributed by atoms with Gasteiger partial charge in [0.05, 0.1) is 18.0 Å². The zero-order chi connectivity index (χ0) is 19.5. The molecule has 0 N–H and O–H groups in total. The van der Waals surface area contributed by atoms with E-state index in [0.29, 0.717) is 11.8 Å². The summed E-state index contributed by atoms with van der Waals surface area (Å²) in [6.45, 7) is 9.15. The molecule has 0 unspecified atom stereocenters. The summed E-state index contributed by atoms with van der Waals surface area (Å²) in [6, 6.07) is 10.5. The average Bonchev–Trinajstić information content (AvgIpc) is 3.40. The van der Waals surface area contributed by atoms with Crippen LogP contribution in [0, 0.1) is 6.92 Å². The number of piperazine rings is 1. The predicted molar refractivity (Wildman–Crippen MR) is 111 cm³/mol. The Morgan fingerprint density at radius 1 is 1.18 bits per heavy atom. The van der Waals surface area contributed by atoms with Crippen LogP contribution in [-0.4, -0.2) is 53.3 Å². The van der Waals surface area contributed by atoms with Crippen LogP contribution >= 0.6 is 11.3 Å². The van der Waals surface area contributed by atoms with Gasteiger partial charge in [-0.05, 0) is 31.4 Å². The standard InChI is InChI=1S/C21H26N4O2S/c1-15-6-7-18(26-3)17(13-15)14-24-8-10-25(11-9-24)16(2)20-22-23-21(27-20)19-5-4-12-28-19/h4-7,12-13,16H,8-11,14H2,1-3H3/t16-/m1/s1. The van der Waals surface area contributed by atoms with Gasteiger partial charge in [0.15, 0.2) is 0 Å². The summed E-state index contributed by atoms with van der Waals surface area (Å²) < 4.78 is 11.5. The molecule has 1 fully saturated rings. The smallest absolute Gasteiger partial charge is 0.257 e. The van der Waals surface area contributed by atoms with E-state index in [9.17, 15) is 0 Å². The van der Waals surface area contributed by atoms with Crippen LogP contribution in [0.4, 0.5) is 0 Å². The van der Waals surface area contributed by atoms with Gasteiger partial charge in [0, 0.05) is 38.3 Å². The van der Waals surface area contributed by atoms with Gasteiger partial charge in [-0.2, -0.15) is 0 Å². The summed E-state index contributed by atoms with van der Waals surface area (Å²) in [5.74, 6) is 2.27. The summed E-state index contributed by atoms with van der Waals surface area (Å²) >= 11 is 1.61. The molecular formula is C21H26N4O2S. The molecule has 1 aliphatic heterocycles. The van der Waals surface area contributed by atoms with Crippen LogP contribution in [0.5, 0.6) is 5.75 Å². The largest absolute Gasteiger partial charge is 0.496 e. The maximum absolute atomic E-state index is 5.93. The van der Waals surface area contributed by atoms with E-state index in [0.717, 1.165) is 43.4 Å². The highest BCUT2D eigenvalue weighted by molar-refractivity contribution is 7.13. The zero-order valence-electron chi connectivity index (χ0n) is 16.6. The SMILES string of the molecule is COc1ccc(C)cc1CN1CCN([C@H](C)c2nnc(-c3cccs3)o2)CC1. The minimum atomic E-state index is 0.122. The fourth-order valence-corrected chi connectivity index (χ4v) is 4.28. The number of thiophene rings is 1. The summed E-state index contributed by atoms with van der Waals surface area (Å²) in [5, 5.41) is 10.5. The van der Waals surface area contributed by atoms with E-state index in [1.54, 1.807) is 18.4 Å². The Balaban J connectivity index is 1.36. The second-order valence-corrected chi connectivity index (χ2v) is 8.17. The van der Waals surface area contributed by atoms with Crippen LogP contribution in [0.1, 0.15) is 30.0 Å². The molecule has 1 saturated heterocycles. The summed E-state index contributed by atoms with van der Waals surface area (Å²) in [7, 11) is 1.74. The number of hydrogen-bond donors (Lipinski definition) is 0. The molecule has 0 bridgehead atoms. The second-order valence-electron chi connectivity index (χ2n) is 7.23. The predicted octanol–water partition coefficient (Wildman–Crippen LogP) is 3.99. The van der Waals surface area contributed by atoms with Crippen molar-refractivity contribution in [3.63, 3.8) is 0 Å². The second kappa shape index (κ2) is 8.43. The highest BCUT2D eigenvalue weighted by Crippen LogP contribution is 2.28. The Morgan fingerprint density at radius 2 is 2.00 bits per heavy atom. The Bertz CT molecular complexity index is 901. The number of methoxy groups -OCH3 is 1. The molecule has 2 aromatic heterocycles. The van der Waals surface area contributed by atoms with Crippen LogP contribution in [0.15, 0.2) is 40.1 Å². The van der Waals surface area contributed by atoms with Crippen molar-refractivity contribution in [3.8, 4) is 16.5 Å². The molecular weight excluding hydrogens is 372 g/mol. The highest BCUT2D eigenvalue weighted by atomic mass is 32.1. The molecule has 0 amide bonds. The monoisotopic (exact) mass is 398 g/mol. The van der Waals surface area contributed by atoms with Crippen molar-refractivity contribution in [1.29, 1.82) is 0 Å². The molecule has 1 atom stereocenters. The van der Waals surface area contributed by atoms with Crippen LogP contribution in [0.3, 0.4) is 0 Å². The first-order chi connectivity index (χ1) is 13.6. The van der Waals surface area contributed by atoms with Gasteiger partial charge in [0.25, 0.3) is 5.89 Å². The molecule has 1 aliphatic rings. The minimum absolute atomic E-state index is 0.122. The van der Waals surface area contributed by atoms with Crippen molar-refractivity contribution >= 4 is 11.3 Å². The number of benzene rings is 1. The first kappa shape index (κ1) is 19.1. The number of ether oxygens (including phenoxy) is 1. The van der Waals surface area contributed by atoms with E-state index in [2.05, 4.69) is 52.0 Å². The maximum Gasteiger partial charge on any atom is 0.257 e. The Hall–Kier alpha value is -2.22. The van der Waals surface area contributed by atoms with Crippen molar-refractivity contribution in [1.82, 2.24) is 20.0 Å². The molecule has 4 rings (SSSR count). The van der Waals surface area contributed by atoms with Crippen molar-refractivity contribution in [2.75, 3.05) is 33.3 Å². The first-order valence-corrected chi connectivity index (χ1v) is 10.5. The number of aromatic nitrogens is 2. The lowest BCUT2D eigenvalue weighted by Gasteiger charge is -2.37. The molecule has 1 aromatic carbocycles. The molecule has 0 aliphatic carbocycles. The van der Waals surface area contributed by atoms with Crippen LogP contribution in [0.2, 0.25) is 0 Å². The molecule has 148 valence electrons. The summed E-state index contributed by atoms with van der Waals surface area (Å²) in [6.07, 6.45) is 0. The molecule has 0 spiro atoms. The fraction of sp³-hybridized carbons (Fsp3) is 0.429. The van der Waals surface area contributed by atoms with Crippen LogP contribution < -0.4 is 4.74 Å². The average molecular weight is 399 g/mol. The van der Waals surface area contributed by atoms with Crippen molar-refractivity contribution < 1.29 is 9.15 Å². The Kier molecular flexibility index (Phi) is 5.75. The van der Waals surface area contributed by atoms with Crippen LogP contribution in [0.25, 0.3) is 10.8 Å². The highest BCUT2D eigenvalue weighted by Gasteiger charge is 2.26. The lowest BCUT2D eigenvalue weighted by Crippen LogP contribution is -2.46. The molecule has 3 heterocycles. The third-order valence-corrected chi connectivity index (χ3v) is 6.17. The molecule has 6 nitrogen and oxygen atoms in total. The van der Waals surface area contributed by atoms with Gasteiger partial charge in [0.2, 0.25) is 5.89 Å². The molecule has 3 aromatic rings. The van der Waals surface area contributed by atoms with Gasteiger partial charge in [0.1, 0.15) is 5.75 Å². The first-order valence-electron chi connectivity index (χ1n) is 9.61. The number of hydrogen-bond acceptors (Lipinski definition) is 7. The van der Waals surface area contributed by atoms with Crippen molar-refractivity contribution in [2.24, 2.45) is 0 Å². The van der Waals surface area contributed by atoms with E-state index in [4.69, 9.17) is 9.15 Å². The number of aryl methyl sites for hydroxylation is 1. The van der Waals surface area contributed by atoms with Gasteiger partial charge in [-0.3, -0.25) is 9.80 Å². The van der Waals surface area contributed by atoms with Gasteiger partial charge in [-0.1, -0.05) is 23.8 Å². The zero-order valence-corrected chi connectivity index (χ0v) is 17.4. The number of nitrogens with zero attached hydrogens (tertiary/aromatic N) is 4. The maximum atomic E-state index is 5.93. The quantitative estimate of drug-likeness (QED) is 0.626. The van der Waals surface area contributed by atoms with Gasteiger partial charge < -0.3 is 9.15 Å². The normalized spacial score (nSPS) is 17.0. The molecule has 7 heteroatoms. The van der Waals surface area contributed by atoms with Crippen molar-refractivity contribution in [3.05, 3.63) is 52.7 Å². The Morgan fingerprint density at radius 3 is 2.71 bits per heavy atom. The lowest BCUT2D eigenvalue weighted by molar-refractivity contribution is 0.0871. The van der Waals surface area contributed by atoms with Gasteiger partial charge in [-0.25, -0.2) is 0 Å². The van der Waals surface area contributed by atoms with E-state index >= 15 is 0 Å². The fourth-order valence-electron chi connectivity index (χ4n) is 3.64. The lowest BCUT2D eigenvalue weighted by atomic mass is 10.1. The Labute approximate surface area is 169 Å². The van der Waals surface area contributed by atoms with Gasteiger partial charge in [-0.15, -0.1) is 21.5 Å². The summed E-state index contributed by atoms with van der Waals surface area (Å²) in [4.78, 5) is 5.91. The third kappa shape index (κ3) is 4.11. The summed E-state index contributed by atoms with van der Waals surface area (Å²) in [5.41, 5.74) is 2.52. The van der Waals surface area contributed by atoms with E-state index < -0.39 is 0 Å². The van der Waals surface area contributed by atoms with E-state index in [1.165, 1.54) is 11.1 Å². The van der Waals surface area contributed by atoms with Crippen LogP contribution in [-0.2, 0) is 6.54 Å². The molecule has 0 saturated carbocycles. The molecule has 0 radical (unpaired) electrons. The van der Waals surface area contributed by atoms with E-state index in [-0.39, 0.29) is 6.04 Å². The van der Waals surface area contributed by atoms with E-state index in [1.807, 2.05) is 17.5 Å². The number of rotatable bonds is 6.